The van der Waals surface area contributed by atoms with Crippen molar-refractivity contribution in [3.05, 3.63) is 70.3 Å². The van der Waals surface area contributed by atoms with Crippen LogP contribution in [0.25, 0.3) is 0 Å². The SMILES string of the molecule is Cc1ccc(C23CC4CC(CC(C(=O)NCc5cccc(C6(C)NC(=O)NC6=O)c5)(C4)C2)C3)cc1C. The van der Waals surface area contributed by atoms with Gasteiger partial charge in [-0.2, -0.15) is 0 Å². The zero-order valence-corrected chi connectivity index (χ0v) is 21.4. The van der Waals surface area contributed by atoms with Gasteiger partial charge < -0.3 is 10.6 Å². The second kappa shape index (κ2) is 7.92. The molecule has 2 aromatic rings. The molecule has 4 saturated carbocycles. The predicted molar refractivity (Wildman–Crippen MR) is 137 cm³/mol. The molecule has 2 aromatic carbocycles. The van der Waals surface area contributed by atoms with E-state index in [1.165, 1.54) is 36.0 Å². The highest BCUT2D eigenvalue weighted by Crippen LogP contribution is 2.65. The number of aryl methyl sites for hydroxylation is 2. The summed E-state index contributed by atoms with van der Waals surface area (Å²) >= 11 is 0. The summed E-state index contributed by atoms with van der Waals surface area (Å²) in [6, 6.07) is 14.0. The van der Waals surface area contributed by atoms with Crippen molar-refractivity contribution in [2.75, 3.05) is 0 Å². The van der Waals surface area contributed by atoms with Crippen molar-refractivity contribution in [1.82, 2.24) is 16.0 Å². The number of benzene rings is 2. The van der Waals surface area contributed by atoms with Crippen LogP contribution in [0.3, 0.4) is 0 Å². The van der Waals surface area contributed by atoms with Crippen molar-refractivity contribution >= 4 is 17.8 Å². The Hall–Kier alpha value is -3.15. The molecule has 36 heavy (non-hydrogen) atoms. The van der Waals surface area contributed by atoms with Gasteiger partial charge >= 0.3 is 6.03 Å². The molecule has 1 aliphatic heterocycles. The quantitative estimate of drug-likeness (QED) is 0.545. The van der Waals surface area contributed by atoms with Crippen molar-refractivity contribution in [2.45, 2.75) is 76.8 Å². The third kappa shape index (κ3) is 3.56. The molecule has 3 unspecified atom stereocenters. The Labute approximate surface area is 212 Å². The molecule has 3 N–H and O–H groups in total. The van der Waals surface area contributed by atoms with Crippen molar-refractivity contribution < 1.29 is 14.4 Å². The molecule has 188 valence electrons. The molecule has 6 heteroatoms. The zero-order chi connectivity index (χ0) is 25.3. The van der Waals surface area contributed by atoms with E-state index in [-0.39, 0.29) is 22.6 Å². The molecule has 4 bridgehead atoms. The summed E-state index contributed by atoms with van der Waals surface area (Å²) in [7, 11) is 0. The highest BCUT2D eigenvalue weighted by molar-refractivity contribution is 6.07. The first-order valence-electron chi connectivity index (χ1n) is 13.2. The molecule has 7 rings (SSSR count). The molecule has 0 radical (unpaired) electrons. The molecule has 0 spiro atoms. The minimum Gasteiger partial charge on any atom is -0.352 e. The van der Waals surface area contributed by atoms with Crippen LogP contribution in [0.2, 0.25) is 0 Å². The minimum atomic E-state index is -1.10. The van der Waals surface area contributed by atoms with E-state index < -0.39 is 11.6 Å². The van der Waals surface area contributed by atoms with Crippen LogP contribution in [0.15, 0.2) is 42.5 Å². The fourth-order valence-electron chi connectivity index (χ4n) is 8.05. The lowest BCUT2D eigenvalue weighted by molar-refractivity contribution is -0.149. The van der Waals surface area contributed by atoms with E-state index >= 15 is 0 Å². The van der Waals surface area contributed by atoms with Crippen LogP contribution in [-0.2, 0) is 27.1 Å². The van der Waals surface area contributed by atoms with Crippen LogP contribution >= 0.6 is 0 Å². The average Bonchev–Trinajstić information content (AvgIpc) is 3.10. The number of imide groups is 1. The van der Waals surface area contributed by atoms with E-state index in [4.69, 9.17) is 0 Å². The van der Waals surface area contributed by atoms with Gasteiger partial charge in [0.15, 0.2) is 0 Å². The van der Waals surface area contributed by atoms with Gasteiger partial charge in [0.05, 0.1) is 5.41 Å². The number of hydrogen-bond acceptors (Lipinski definition) is 3. The lowest BCUT2D eigenvalue weighted by Crippen LogP contribution is -2.59. The summed E-state index contributed by atoms with van der Waals surface area (Å²) in [5, 5.41) is 8.30. The van der Waals surface area contributed by atoms with Gasteiger partial charge in [0, 0.05) is 6.54 Å². The first-order chi connectivity index (χ1) is 17.1. The first kappa shape index (κ1) is 23.3. The van der Waals surface area contributed by atoms with Gasteiger partial charge in [-0.3, -0.25) is 14.9 Å². The Morgan fingerprint density at radius 1 is 0.972 bits per heavy atom. The summed E-state index contributed by atoms with van der Waals surface area (Å²) in [6.07, 6.45) is 6.59. The summed E-state index contributed by atoms with van der Waals surface area (Å²) in [4.78, 5) is 37.9. The third-order valence-corrected chi connectivity index (χ3v) is 9.66. The number of amides is 4. The van der Waals surface area contributed by atoms with Crippen LogP contribution in [0.5, 0.6) is 0 Å². The fraction of sp³-hybridized carbons (Fsp3) is 0.500. The molecule has 5 fully saturated rings. The average molecular weight is 486 g/mol. The lowest BCUT2D eigenvalue weighted by atomic mass is 9.42. The van der Waals surface area contributed by atoms with E-state index in [9.17, 15) is 14.4 Å². The summed E-state index contributed by atoms with van der Waals surface area (Å²) in [5.41, 5.74) is 4.42. The van der Waals surface area contributed by atoms with Crippen LogP contribution in [0.4, 0.5) is 4.79 Å². The Bertz CT molecular complexity index is 1270. The van der Waals surface area contributed by atoms with Gasteiger partial charge in [0.25, 0.3) is 5.91 Å². The Morgan fingerprint density at radius 3 is 2.39 bits per heavy atom. The number of carbonyl (C=O) groups excluding carboxylic acids is 3. The molecule has 5 aliphatic rings. The second-order valence-corrected chi connectivity index (χ2v) is 12.2. The number of nitrogens with one attached hydrogen (secondary N) is 3. The van der Waals surface area contributed by atoms with Gasteiger partial charge in [0.1, 0.15) is 5.54 Å². The smallest absolute Gasteiger partial charge is 0.322 e. The Balaban J connectivity index is 1.22. The van der Waals surface area contributed by atoms with Crippen LogP contribution in [-0.4, -0.2) is 17.8 Å². The second-order valence-electron chi connectivity index (χ2n) is 12.2. The maximum absolute atomic E-state index is 13.8. The highest BCUT2D eigenvalue weighted by atomic mass is 16.2. The van der Waals surface area contributed by atoms with Crippen molar-refractivity contribution in [2.24, 2.45) is 17.3 Å². The Morgan fingerprint density at radius 2 is 1.72 bits per heavy atom. The highest BCUT2D eigenvalue weighted by Gasteiger charge is 2.60. The fourth-order valence-corrected chi connectivity index (χ4v) is 8.05. The molecule has 1 heterocycles. The summed E-state index contributed by atoms with van der Waals surface area (Å²) in [5.74, 6) is 1.05. The third-order valence-electron chi connectivity index (χ3n) is 9.66. The van der Waals surface area contributed by atoms with E-state index in [1.807, 2.05) is 24.3 Å². The number of carbonyl (C=O) groups is 3. The molecule has 3 atom stereocenters. The predicted octanol–water partition coefficient (Wildman–Crippen LogP) is 4.51. The molecular weight excluding hydrogens is 450 g/mol. The van der Waals surface area contributed by atoms with Crippen LogP contribution in [0, 0.1) is 31.1 Å². The molecule has 0 aromatic heterocycles. The monoisotopic (exact) mass is 485 g/mol. The van der Waals surface area contributed by atoms with E-state index in [1.54, 1.807) is 6.92 Å². The molecule has 4 aliphatic carbocycles. The number of urea groups is 1. The maximum atomic E-state index is 13.8. The van der Waals surface area contributed by atoms with E-state index in [0.717, 1.165) is 24.8 Å². The van der Waals surface area contributed by atoms with Crippen LogP contribution < -0.4 is 16.0 Å². The number of hydrogen-bond donors (Lipinski definition) is 3. The Kier molecular flexibility index (Phi) is 5.12. The molecular formula is C30H35N3O3. The largest absolute Gasteiger partial charge is 0.352 e. The van der Waals surface area contributed by atoms with Gasteiger partial charge in [-0.15, -0.1) is 0 Å². The minimum absolute atomic E-state index is 0.114. The van der Waals surface area contributed by atoms with Crippen molar-refractivity contribution in [1.29, 1.82) is 0 Å². The zero-order valence-electron chi connectivity index (χ0n) is 21.4. The van der Waals surface area contributed by atoms with Gasteiger partial charge in [0.2, 0.25) is 5.91 Å². The van der Waals surface area contributed by atoms with Crippen molar-refractivity contribution in [3.8, 4) is 0 Å². The molecule has 1 saturated heterocycles. The van der Waals surface area contributed by atoms with Crippen molar-refractivity contribution in [3.63, 3.8) is 0 Å². The number of rotatable bonds is 5. The van der Waals surface area contributed by atoms with E-state index in [2.05, 4.69) is 48.0 Å². The van der Waals surface area contributed by atoms with Gasteiger partial charge in [-0.25, -0.2) is 4.79 Å². The summed E-state index contributed by atoms with van der Waals surface area (Å²) in [6.45, 7) is 6.46. The van der Waals surface area contributed by atoms with Gasteiger partial charge in [-0.1, -0.05) is 42.5 Å². The standard InChI is InChI=1S/C30H35N3O3/c1-18-7-8-24(9-19(18)2)29-12-21-10-22(13-29)15-30(14-21,17-29)26(35)31-16-20-5-4-6-23(11-20)28(3)25(34)32-27(36)33-28/h4-9,11,21-22H,10,12-17H2,1-3H3,(H,31,35)(H2,32,33,34,36). The first-order valence-corrected chi connectivity index (χ1v) is 13.2. The maximum Gasteiger partial charge on any atom is 0.322 e. The van der Waals surface area contributed by atoms with E-state index in [0.29, 0.717) is 23.9 Å². The molecule has 4 amide bonds. The van der Waals surface area contributed by atoms with Gasteiger partial charge in [-0.05, 0) is 104 Å². The summed E-state index contributed by atoms with van der Waals surface area (Å²) < 4.78 is 0. The lowest BCUT2D eigenvalue weighted by Gasteiger charge is -2.61. The normalized spacial score (nSPS) is 34.4. The van der Waals surface area contributed by atoms with Crippen LogP contribution in [0.1, 0.15) is 73.3 Å². The topological polar surface area (TPSA) is 87.3 Å². The molecule has 6 nitrogen and oxygen atoms in total.